The number of aromatic nitrogens is 2. The van der Waals surface area contributed by atoms with Crippen LogP contribution in [0.25, 0.3) is 33.2 Å². The first-order valence-electron chi connectivity index (χ1n) is 50.5. The Labute approximate surface area is 874 Å². The van der Waals surface area contributed by atoms with Crippen LogP contribution in [0.15, 0.2) is 158 Å². The molecule has 0 unspecified atom stereocenters. The van der Waals surface area contributed by atoms with Gasteiger partial charge in [0, 0.05) is 96.1 Å². The van der Waals surface area contributed by atoms with Gasteiger partial charge in [-0.25, -0.2) is 0 Å². The monoisotopic (exact) mass is 2090 g/mol. The number of primary amides is 1. The molecule has 0 spiro atoms. The molecule has 0 aliphatic carbocycles. The number of para-hydroxylation sites is 1. The number of aliphatic carboxylic acids is 1. The Hall–Kier alpha value is -15.4. The number of carbonyl (C=O) groups is 17. The quantitative estimate of drug-likeness (QED) is 0.0177. The van der Waals surface area contributed by atoms with Gasteiger partial charge < -0.3 is 116 Å². The number of carbonyl (C=O) groups excluding carboxylic acids is 16. The van der Waals surface area contributed by atoms with Gasteiger partial charge in [0.15, 0.2) is 17.6 Å². The molecular weight excluding hydrogens is 1950 g/mol. The number of guanidine groups is 2. The molecule has 7 aromatic rings. The summed E-state index contributed by atoms with van der Waals surface area (Å²) in [6.45, 7) is 9.66. The van der Waals surface area contributed by atoms with Gasteiger partial charge >= 0.3 is 5.97 Å². The molecule has 4 saturated heterocycles. The zero-order valence-electron chi connectivity index (χ0n) is 85.6. The van der Waals surface area contributed by atoms with E-state index in [-0.39, 0.29) is 141 Å². The third kappa shape index (κ3) is 34.1. The topological polar surface area (TPSA) is 631 Å². The highest BCUT2D eigenvalue weighted by Crippen LogP contribution is 2.29. The number of benzene rings is 6. The summed E-state index contributed by atoms with van der Waals surface area (Å²) in [5.41, 5.74) is 17.6. The van der Waals surface area contributed by atoms with Crippen molar-refractivity contribution >= 4 is 141 Å². The Morgan fingerprint density at radius 1 is 0.500 bits per heavy atom. The second-order valence-electron chi connectivity index (χ2n) is 38.9. The fourth-order valence-electron chi connectivity index (χ4n) is 18.1. The van der Waals surface area contributed by atoms with Gasteiger partial charge in [0.2, 0.25) is 88.6 Å². The maximum absolute atomic E-state index is 15.9. The smallest absolute Gasteiger partial charge is 0.305 e. The Balaban J connectivity index is 0.939. The lowest BCUT2D eigenvalue weighted by Crippen LogP contribution is -2.61. The summed E-state index contributed by atoms with van der Waals surface area (Å²) < 4.78 is 7.29. The van der Waals surface area contributed by atoms with Crippen LogP contribution in [-0.2, 0) is 108 Å². The fraction of sp³-hybridized carbons (Fsp3) is 0.467. The first kappa shape index (κ1) is 115. The Morgan fingerprint density at radius 3 is 1.61 bits per heavy atom. The summed E-state index contributed by atoms with van der Waals surface area (Å²) in [6, 6.07) is 29.0. The lowest BCUT2D eigenvalue weighted by Gasteiger charge is -2.33. The number of carboxylic acids is 1. The van der Waals surface area contributed by atoms with E-state index in [4.69, 9.17) is 27.0 Å². The van der Waals surface area contributed by atoms with Crippen LogP contribution in [0.2, 0.25) is 0 Å². The van der Waals surface area contributed by atoms with Gasteiger partial charge in [-0.05, 0) is 133 Å². The first-order valence-corrected chi connectivity index (χ1v) is 51.7. The van der Waals surface area contributed by atoms with E-state index in [1.165, 1.54) is 16.8 Å². The van der Waals surface area contributed by atoms with Crippen LogP contribution in [0.4, 0.5) is 5.69 Å². The number of fused-ring (bicyclic) bond motifs is 3. The van der Waals surface area contributed by atoms with Crippen molar-refractivity contribution in [3.63, 3.8) is 0 Å². The summed E-state index contributed by atoms with van der Waals surface area (Å²) >= 11 is 0.824. The number of nitrogens with zero attached hydrogens (tertiary/aromatic N) is 6. The summed E-state index contributed by atoms with van der Waals surface area (Å²) in [5, 5.41) is 73.3. The van der Waals surface area contributed by atoms with Gasteiger partial charge in [0.25, 0.3) is 5.91 Å². The molecule has 4 fully saturated rings. The van der Waals surface area contributed by atoms with Crippen LogP contribution in [0.1, 0.15) is 133 Å². The normalized spacial score (nSPS) is 22.2. The molecular formula is C105H139N25O19S. The minimum absolute atomic E-state index is 0.0176. The fourth-order valence-corrected chi connectivity index (χ4v) is 19.0. The lowest BCUT2D eigenvalue weighted by atomic mass is 9.98. The number of aryl methyl sites for hydroxylation is 1. The average molecular weight is 2090 g/mol. The second-order valence-corrected chi connectivity index (χ2v) is 40.0. The third-order valence-electron chi connectivity index (χ3n) is 26.2. The van der Waals surface area contributed by atoms with Gasteiger partial charge in [-0.2, -0.15) is 5.10 Å². The molecule has 12 atom stereocenters. The number of likely N-dealkylation sites (N-methyl/N-ethyl adjacent to an activating group) is 1. The zero-order chi connectivity index (χ0) is 108. The van der Waals surface area contributed by atoms with Crippen molar-refractivity contribution in [2.75, 3.05) is 96.0 Å². The lowest BCUT2D eigenvalue weighted by molar-refractivity contribution is -0.145. The summed E-state index contributed by atoms with van der Waals surface area (Å²) in [7, 11) is 3.05. The first-order chi connectivity index (χ1) is 71.7. The van der Waals surface area contributed by atoms with E-state index in [0.717, 1.165) is 44.4 Å². The molecule has 0 saturated carbocycles. The van der Waals surface area contributed by atoms with Crippen LogP contribution in [0.5, 0.6) is 0 Å². The highest BCUT2D eigenvalue weighted by atomic mass is 32.2. The number of hydrogen-bond donors (Lipinski definition) is 20. The number of nitrogens with one attached hydrogen (secondary N) is 17. The van der Waals surface area contributed by atoms with Crippen LogP contribution in [0, 0.1) is 28.6 Å². The maximum atomic E-state index is 15.9. The van der Waals surface area contributed by atoms with Crippen LogP contribution in [-0.4, -0.2) is 310 Å². The predicted molar refractivity (Wildman–Crippen MR) is 562 cm³/mol. The van der Waals surface area contributed by atoms with Gasteiger partial charge in [-0.15, -0.1) is 11.8 Å². The van der Waals surface area contributed by atoms with E-state index in [2.05, 4.69) is 84.9 Å². The van der Waals surface area contributed by atoms with Gasteiger partial charge in [0.1, 0.15) is 72.5 Å². The van der Waals surface area contributed by atoms with Gasteiger partial charge in [-0.1, -0.05) is 181 Å². The molecule has 0 bridgehead atoms. The number of carboxylic acid groups (broad SMARTS) is 1. The molecule has 44 nitrogen and oxygen atoms in total. The van der Waals surface area contributed by atoms with Crippen molar-refractivity contribution in [1.82, 2.24) is 104 Å². The molecule has 16 amide bonds. The average Bonchev–Trinajstić information content (AvgIpc) is 1.65. The third-order valence-corrected chi connectivity index (χ3v) is 27.2. The molecule has 4 aliphatic heterocycles. The van der Waals surface area contributed by atoms with E-state index in [0.29, 0.717) is 40.9 Å². The standard InChI is InChI=1S/C105H139N25O19S/c1-61(2)51-75-94(139)122-80(91(136)112-56-84(106)131)59-150-60-85(132)115-79(57-128-47-49-149-50-48-128)97(142)119-76(52-64-31-35-68(36-32-64)67-23-13-10-14-24-67)95(140)121-78(53-65-33-37-69(38-34-65)70-39-41-71(42-40-70)114-101(146)90-72-25-15-16-28-81(72)127(8)125-90)102(147)126(7)58-86(133)129-45-19-29-82(129)98(143)120-77(54-87(134)135)96(141)116-74(27-18-44-111-105(109)113-55-66-21-11-9-12-22-66)93(138)124-89(63(5)6)103(148)130-46-20-30-83(130)99(144)123-88(62(3)4)100(145)117-73(92(137)118-75)26-17-43-110-104(107)108/h9-16,21-25,28,31-42,61-63,73-80,82-83,88-89H,17-20,26-27,29-30,43-60H2,1-8H3,(H2,106,131)(H,112,136)(H,114,146)(H,115,132)(H,116,141)(H,117,145)(H,118,137)(H,119,142)(H,120,143)(H,121,140)(H,122,139)(H,123,144)(H,124,138)(H,134,135)(H4,107,108,110)(H3,109,111,113)/t73-,74+,75-,76-,77-,78-,79-,80-,82-,83-,88-,89-/m0/s1. The number of amides is 16. The maximum Gasteiger partial charge on any atom is 0.305 e. The molecule has 5 heterocycles. The van der Waals surface area contributed by atoms with Crippen LogP contribution < -0.4 is 91.2 Å². The van der Waals surface area contributed by atoms with Gasteiger partial charge in [-0.3, -0.25) is 102 Å². The predicted octanol–water partition coefficient (Wildman–Crippen LogP) is 1.10. The van der Waals surface area contributed by atoms with Crippen molar-refractivity contribution in [3.05, 3.63) is 180 Å². The Morgan fingerprint density at radius 2 is 1.00 bits per heavy atom. The van der Waals surface area contributed by atoms with Crippen molar-refractivity contribution in [2.45, 2.75) is 198 Å². The number of nitrogens with two attached hydrogens (primary N) is 2. The largest absolute Gasteiger partial charge is 0.481 e. The van der Waals surface area contributed by atoms with Crippen LogP contribution in [0.3, 0.4) is 0 Å². The molecule has 22 N–H and O–H groups in total. The van der Waals surface area contributed by atoms with E-state index in [1.54, 1.807) is 114 Å². The van der Waals surface area contributed by atoms with Gasteiger partial charge in [0.05, 0.1) is 44.0 Å². The zero-order valence-corrected chi connectivity index (χ0v) is 86.4. The summed E-state index contributed by atoms with van der Waals surface area (Å²) in [6.07, 6.45) is -1.42. The van der Waals surface area contributed by atoms with Crippen molar-refractivity contribution in [3.8, 4) is 22.3 Å². The van der Waals surface area contributed by atoms with E-state index in [9.17, 15) is 57.8 Å². The SMILES string of the molecule is CC(C)C[C@@H]1NC(=O)[C@H](CCCNC(=N)N)NC(=O)[C@H](C(C)C)NC(=O)[C@@H]2CCCN2C(=O)[C@H](C(C)C)NC(=O)[C@@H](CCCNC(=N)NCc2ccccc2)NC(=O)[C@H](CC(=O)O)NC(=O)[C@@H]2CCCN2C(=O)CN(C)C(=O)[C@H](Cc2ccc(-c3ccc(NC(=O)c4nn(C)c5ccccc45)cc3)cc2)NC(=O)[C@H](Cc2ccc(-c3ccccc3)cc2)NC(=O)[C@H](CN2CCOCC2)NC(=O)CSC[C@@H](C(=O)NCC(N)=O)NC1=O. The second kappa shape index (κ2) is 56.1. The number of hydrogen-bond acceptors (Lipinski definition) is 23. The molecule has 150 heavy (non-hydrogen) atoms. The number of ether oxygens (including phenoxy) is 1. The van der Waals surface area contributed by atoms with E-state index < -0.39 is 222 Å². The number of rotatable bonds is 29. The molecule has 4 aliphatic rings. The minimum atomic E-state index is -1.94. The Kier molecular flexibility index (Phi) is 43.0. The highest BCUT2D eigenvalue weighted by Gasteiger charge is 2.45. The number of anilines is 1. The molecule has 804 valence electrons. The van der Waals surface area contributed by atoms with Crippen molar-refractivity contribution in [2.24, 2.45) is 36.3 Å². The Bertz CT molecular complexity index is 5930. The number of morpholine rings is 1. The molecule has 0 radical (unpaired) electrons. The van der Waals surface area contributed by atoms with Crippen LogP contribution >= 0.6 is 11.8 Å². The molecule has 45 heteroatoms. The van der Waals surface area contributed by atoms with E-state index >= 15 is 28.8 Å². The highest BCUT2D eigenvalue weighted by molar-refractivity contribution is 8.00. The number of thioether (sulfide) groups is 1. The molecule has 6 aromatic carbocycles. The van der Waals surface area contributed by atoms with Crippen molar-refractivity contribution in [1.29, 1.82) is 10.8 Å². The van der Waals surface area contributed by atoms with E-state index in [1.807, 2.05) is 102 Å². The molecule has 1 aromatic heterocycles. The molecule has 11 rings (SSSR count). The summed E-state index contributed by atoms with van der Waals surface area (Å²) in [5.74, 6) is -18.7. The summed E-state index contributed by atoms with van der Waals surface area (Å²) in [4.78, 5) is 255. The van der Waals surface area contributed by atoms with Crippen molar-refractivity contribution < 1.29 is 91.4 Å². The minimum Gasteiger partial charge on any atom is -0.481 e.